The SMILES string of the molecule is Cc1ccc(CC(=O)C[C@H](CNC(=O)CC#N)c2noc(C3CC(CC(C)C)C3)c2C2CC2)c(C)c1. The van der Waals surface area contributed by atoms with Crippen molar-refractivity contribution in [1.29, 1.82) is 5.26 Å². The Morgan fingerprint density at radius 1 is 1.19 bits per heavy atom. The number of nitrogens with zero attached hydrogens (tertiary/aromatic N) is 2. The number of ketones is 1. The standard InChI is InChI=1S/C30H39N3O3/c1-18(2)11-21-13-24(14-21)30-28(22-7-8-22)29(33-36-30)25(17-32-27(35)9-10-31)16-26(34)15-23-6-5-19(3)12-20(23)4/h5-6,12,18,21-22,24-25H,7-9,11,13-17H2,1-4H3,(H,32,35)/t21?,24?,25-/m1/s1. The quantitative estimate of drug-likeness (QED) is 0.393. The Hall–Kier alpha value is -2.94. The summed E-state index contributed by atoms with van der Waals surface area (Å²) in [4.78, 5) is 25.3. The lowest BCUT2D eigenvalue weighted by Gasteiger charge is -2.35. The number of aryl methyl sites for hydroxylation is 2. The Bertz CT molecular complexity index is 1130. The molecule has 1 aromatic carbocycles. The van der Waals surface area contributed by atoms with Crippen LogP contribution in [0.25, 0.3) is 0 Å². The van der Waals surface area contributed by atoms with E-state index in [9.17, 15) is 9.59 Å². The van der Waals surface area contributed by atoms with Gasteiger partial charge in [-0.15, -0.1) is 0 Å². The first kappa shape index (κ1) is 26.1. The van der Waals surface area contributed by atoms with Gasteiger partial charge in [-0.3, -0.25) is 9.59 Å². The Morgan fingerprint density at radius 3 is 2.58 bits per heavy atom. The van der Waals surface area contributed by atoms with Crippen molar-refractivity contribution in [2.24, 2.45) is 11.8 Å². The molecule has 1 heterocycles. The van der Waals surface area contributed by atoms with Crippen LogP contribution in [0.3, 0.4) is 0 Å². The average Bonchev–Trinajstić information content (AvgIpc) is 3.54. The van der Waals surface area contributed by atoms with Gasteiger partial charge in [0.1, 0.15) is 18.0 Å². The van der Waals surface area contributed by atoms with Gasteiger partial charge in [-0.25, -0.2) is 0 Å². The minimum absolute atomic E-state index is 0.119. The summed E-state index contributed by atoms with van der Waals surface area (Å²) in [6.07, 6.45) is 6.22. The van der Waals surface area contributed by atoms with E-state index in [1.54, 1.807) is 0 Å². The maximum atomic E-state index is 13.2. The fraction of sp³-hybridized carbons (Fsp3) is 0.600. The molecule has 0 spiro atoms. The summed E-state index contributed by atoms with van der Waals surface area (Å²) in [6, 6.07) is 8.06. The molecule has 6 nitrogen and oxygen atoms in total. The molecule has 1 atom stereocenters. The molecule has 0 unspecified atom stereocenters. The van der Waals surface area contributed by atoms with Crippen molar-refractivity contribution in [3.63, 3.8) is 0 Å². The van der Waals surface area contributed by atoms with Crippen molar-refractivity contribution in [2.75, 3.05) is 6.54 Å². The first-order valence-corrected chi connectivity index (χ1v) is 13.5. The Balaban J connectivity index is 1.53. The molecule has 1 aromatic heterocycles. The molecule has 0 saturated heterocycles. The highest BCUT2D eigenvalue weighted by Crippen LogP contribution is 2.52. The van der Waals surface area contributed by atoms with E-state index in [1.807, 2.05) is 32.0 Å². The van der Waals surface area contributed by atoms with Crippen LogP contribution >= 0.6 is 0 Å². The molecule has 2 saturated carbocycles. The molecule has 0 bridgehead atoms. The van der Waals surface area contributed by atoms with E-state index in [4.69, 9.17) is 9.78 Å². The molecule has 1 N–H and O–H groups in total. The van der Waals surface area contributed by atoms with Gasteiger partial charge in [0.2, 0.25) is 5.91 Å². The first-order valence-electron chi connectivity index (χ1n) is 13.5. The number of nitrogens with one attached hydrogen (secondary N) is 1. The molecule has 4 rings (SSSR count). The van der Waals surface area contributed by atoms with Crippen LogP contribution in [-0.4, -0.2) is 23.4 Å². The fourth-order valence-electron chi connectivity index (χ4n) is 5.74. The maximum absolute atomic E-state index is 13.2. The van der Waals surface area contributed by atoms with Crippen molar-refractivity contribution in [3.8, 4) is 6.07 Å². The minimum Gasteiger partial charge on any atom is -0.361 e. The third-order valence-electron chi connectivity index (χ3n) is 7.71. The average molecular weight is 490 g/mol. The van der Waals surface area contributed by atoms with E-state index < -0.39 is 0 Å². The molecule has 36 heavy (non-hydrogen) atoms. The number of carbonyl (C=O) groups is 2. The highest BCUT2D eigenvalue weighted by Gasteiger charge is 2.41. The number of carbonyl (C=O) groups excluding carboxylic acids is 2. The minimum atomic E-state index is -0.323. The van der Waals surface area contributed by atoms with E-state index in [2.05, 4.69) is 30.4 Å². The molecular formula is C30H39N3O3. The van der Waals surface area contributed by atoms with E-state index in [1.165, 1.54) is 17.5 Å². The monoisotopic (exact) mass is 489 g/mol. The molecule has 1 amide bonds. The first-order chi connectivity index (χ1) is 17.2. The van der Waals surface area contributed by atoms with Crippen LogP contribution in [0, 0.1) is 37.0 Å². The third-order valence-corrected chi connectivity index (χ3v) is 7.71. The summed E-state index contributed by atoms with van der Waals surface area (Å²) in [5.74, 6) is 2.85. The zero-order valence-corrected chi connectivity index (χ0v) is 22.1. The van der Waals surface area contributed by atoms with Crippen molar-refractivity contribution < 1.29 is 14.1 Å². The molecular weight excluding hydrogens is 450 g/mol. The van der Waals surface area contributed by atoms with Crippen LogP contribution in [0.2, 0.25) is 0 Å². The van der Waals surface area contributed by atoms with Gasteiger partial charge >= 0.3 is 0 Å². The second-order valence-electron chi connectivity index (χ2n) is 11.5. The number of hydrogen-bond donors (Lipinski definition) is 1. The molecule has 6 heteroatoms. The van der Waals surface area contributed by atoms with Crippen LogP contribution in [0.5, 0.6) is 0 Å². The predicted molar refractivity (Wildman–Crippen MR) is 139 cm³/mol. The number of rotatable bonds is 12. The Morgan fingerprint density at radius 2 is 1.94 bits per heavy atom. The molecule has 192 valence electrons. The Kier molecular flexibility index (Phi) is 8.28. The van der Waals surface area contributed by atoms with Crippen molar-refractivity contribution in [2.45, 2.75) is 96.8 Å². The van der Waals surface area contributed by atoms with Crippen molar-refractivity contribution >= 4 is 11.7 Å². The number of aromatic nitrogens is 1. The lowest BCUT2D eigenvalue weighted by molar-refractivity contribution is -0.121. The van der Waals surface area contributed by atoms with Gasteiger partial charge in [0.05, 0.1) is 11.8 Å². The second kappa shape index (κ2) is 11.4. The molecule has 0 radical (unpaired) electrons. The van der Waals surface area contributed by atoms with Crippen LogP contribution in [0.4, 0.5) is 0 Å². The van der Waals surface area contributed by atoms with Gasteiger partial charge in [0.25, 0.3) is 0 Å². The normalized spacial score (nSPS) is 20.0. The van der Waals surface area contributed by atoms with Crippen LogP contribution in [0.1, 0.15) is 110 Å². The highest BCUT2D eigenvalue weighted by atomic mass is 16.5. The number of Topliss-reactive ketones (excluding diaryl/α,β-unsaturated/α-hetero) is 1. The van der Waals surface area contributed by atoms with E-state index in [-0.39, 0.29) is 37.0 Å². The summed E-state index contributed by atoms with van der Waals surface area (Å²) in [7, 11) is 0. The second-order valence-corrected chi connectivity index (χ2v) is 11.5. The molecule has 2 aliphatic rings. The predicted octanol–water partition coefficient (Wildman–Crippen LogP) is 6.02. The van der Waals surface area contributed by atoms with Gasteiger partial charge in [0.15, 0.2) is 0 Å². The van der Waals surface area contributed by atoms with Gasteiger partial charge in [-0.2, -0.15) is 5.26 Å². The van der Waals surface area contributed by atoms with Crippen LogP contribution in [-0.2, 0) is 16.0 Å². The Labute approximate surface area is 214 Å². The van der Waals surface area contributed by atoms with Crippen molar-refractivity contribution in [1.82, 2.24) is 10.5 Å². The van der Waals surface area contributed by atoms with Crippen LogP contribution < -0.4 is 5.32 Å². The molecule has 0 aliphatic heterocycles. The van der Waals surface area contributed by atoms with E-state index >= 15 is 0 Å². The smallest absolute Gasteiger partial charge is 0.234 e. The molecule has 2 fully saturated rings. The lowest BCUT2D eigenvalue weighted by atomic mass is 9.69. The number of amides is 1. The summed E-state index contributed by atoms with van der Waals surface area (Å²) >= 11 is 0. The third kappa shape index (κ3) is 6.43. The van der Waals surface area contributed by atoms with Crippen molar-refractivity contribution in [3.05, 3.63) is 51.9 Å². The number of benzene rings is 1. The summed E-state index contributed by atoms with van der Waals surface area (Å²) in [5, 5.41) is 16.3. The van der Waals surface area contributed by atoms with Gasteiger partial charge in [0, 0.05) is 36.8 Å². The van der Waals surface area contributed by atoms with Gasteiger partial charge in [-0.1, -0.05) is 42.8 Å². The van der Waals surface area contributed by atoms with Gasteiger partial charge < -0.3 is 9.84 Å². The zero-order chi connectivity index (χ0) is 25.8. The largest absolute Gasteiger partial charge is 0.361 e. The summed E-state index contributed by atoms with van der Waals surface area (Å²) in [5.41, 5.74) is 5.36. The van der Waals surface area contributed by atoms with Crippen LogP contribution in [0.15, 0.2) is 22.7 Å². The lowest BCUT2D eigenvalue weighted by Crippen LogP contribution is -2.30. The maximum Gasteiger partial charge on any atom is 0.234 e. The van der Waals surface area contributed by atoms with E-state index in [0.29, 0.717) is 24.2 Å². The van der Waals surface area contributed by atoms with E-state index in [0.717, 1.165) is 54.2 Å². The highest BCUT2D eigenvalue weighted by molar-refractivity contribution is 5.82. The zero-order valence-electron chi connectivity index (χ0n) is 22.1. The molecule has 2 aromatic rings. The molecule has 2 aliphatic carbocycles. The fourth-order valence-corrected chi connectivity index (χ4v) is 5.74. The summed E-state index contributed by atoms with van der Waals surface area (Å²) < 4.78 is 6.00. The number of nitriles is 1. The number of hydrogen-bond acceptors (Lipinski definition) is 5. The topological polar surface area (TPSA) is 96.0 Å². The summed E-state index contributed by atoms with van der Waals surface area (Å²) in [6.45, 7) is 8.92. The van der Waals surface area contributed by atoms with Gasteiger partial charge in [-0.05, 0) is 74.8 Å².